The van der Waals surface area contributed by atoms with Crippen LogP contribution in [0.2, 0.25) is 0 Å². The van der Waals surface area contributed by atoms with Crippen LogP contribution in [0.15, 0.2) is 17.2 Å². The summed E-state index contributed by atoms with van der Waals surface area (Å²) in [6, 6.07) is 0. The number of carboxylic acids is 1. The summed E-state index contributed by atoms with van der Waals surface area (Å²) in [6.07, 6.45) is 4.82. The summed E-state index contributed by atoms with van der Waals surface area (Å²) >= 11 is 0. The van der Waals surface area contributed by atoms with Crippen LogP contribution < -0.4 is 10.9 Å². The van der Waals surface area contributed by atoms with E-state index in [1.165, 1.54) is 10.8 Å². The molecule has 1 aromatic heterocycles. The number of carboxylic acid groups (broad SMARTS) is 1. The van der Waals surface area contributed by atoms with E-state index in [0.29, 0.717) is 6.54 Å². The fraction of sp³-hybridized carbons (Fsp3) is 0.583. The Labute approximate surface area is 105 Å². The number of aromatic nitrogens is 2. The lowest BCUT2D eigenvalue weighted by Gasteiger charge is -2.26. The molecule has 18 heavy (non-hydrogen) atoms. The molecule has 0 radical (unpaired) electrons. The monoisotopic (exact) mass is 251 g/mol. The molecule has 0 spiro atoms. The van der Waals surface area contributed by atoms with Gasteiger partial charge in [-0.3, -0.25) is 4.79 Å². The molecule has 98 valence electrons. The molecule has 0 bridgehead atoms. The highest BCUT2D eigenvalue weighted by Crippen LogP contribution is 2.41. The predicted octanol–water partition coefficient (Wildman–Crippen LogP) is 0.928. The number of nitrogens with one attached hydrogen (secondary N) is 1. The van der Waals surface area contributed by atoms with Crippen LogP contribution in [0.4, 0.5) is 5.82 Å². The lowest BCUT2D eigenvalue weighted by Crippen LogP contribution is -2.47. The quantitative estimate of drug-likeness (QED) is 0.813. The Morgan fingerprint density at radius 2 is 2.33 bits per heavy atom. The second-order valence-electron chi connectivity index (χ2n) is 4.77. The third-order valence-electron chi connectivity index (χ3n) is 3.47. The number of carbonyl (C=O) groups is 1. The largest absolute Gasteiger partial charge is 0.480 e. The van der Waals surface area contributed by atoms with Gasteiger partial charge in [0.2, 0.25) is 0 Å². The first kappa shape index (κ1) is 12.6. The van der Waals surface area contributed by atoms with E-state index in [-0.39, 0.29) is 17.3 Å². The first-order valence-corrected chi connectivity index (χ1v) is 6.06. The molecular formula is C12H17N3O3. The summed E-state index contributed by atoms with van der Waals surface area (Å²) in [6.45, 7) is 3.99. The van der Waals surface area contributed by atoms with Crippen molar-refractivity contribution in [2.45, 2.75) is 38.8 Å². The van der Waals surface area contributed by atoms with Crippen molar-refractivity contribution in [3.8, 4) is 0 Å². The predicted molar refractivity (Wildman–Crippen MR) is 66.6 cm³/mol. The number of hydrogen-bond acceptors (Lipinski definition) is 4. The lowest BCUT2D eigenvalue weighted by atomic mass is 9.96. The van der Waals surface area contributed by atoms with E-state index in [1.54, 1.807) is 13.1 Å². The van der Waals surface area contributed by atoms with E-state index >= 15 is 0 Å². The van der Waals surface area contributed by atoms with Crippen molar-refractivity contribution in [2.24, 2.45) is 5.92 Å². The van der Waals surface area contributed by atoms with Crippen molar-refractivity contribution in [3.63, 3.8) is 0 Å². The highest BCUT2D eigenvalue weighted by molar-refractivity contribution is 5.82. The second-order valence-corrected chi connectivity index (χ2v) is 4.77. The standard InChI is InChI=1S/C12H17N3O3/c1-3-15-7-6-13-9(10(15)16)14-12(2,11(17)18)8-4-5-8/h6-8H,3-5H2,1-2H3,(H,13,14)(H,17,18). The zero-order valence-electron chi connectivity index (χ0n) is 10.5. The van der Waals surface area contributed by atoms with Gasteiger partial charge in [0.1, 0.15) is 5.54 Å². The molecule has 1 saturated carbocycles. The zero-order chi connectivity index (χ0) is 13.3. The number of rotatable bonds is 5. The molecule has 2 N–H and O–H groups in total. The van der Waals surface area contributed by atoms with Crippen LogP contribution in [-0.2, 0) is 11.3 Å². The van der Waals surface area contributed by atoms with E-state index in [9.17, 15) is 14.7 Å². The van der Waals surface area contributed by atoms with Crippen LogP contribution in [0, 0.1) is 5.92 Å². The van der Waals surface area contributed by atoms with Crippen LogP contribution in [-0.4, -0.2) is 26.2 Å². The van der Waals surface area contributed by atoms with Crippen LogP contribution in [0.1, 0.15) is 26.7 Å². The molecule has 1 aromatic rings. The third-order valence-corrected chi connectivity index (χ3v) is 3.47. The molecule has 1 aliphatic rings. The minimum absolute atomic E-state index is 0.0616. The van der Waals surface area contributed by atoms with Crippen LogP contribution in [0.25, 0.3) is 0 Å². The molecule has 2 rings (SSSR count). The van der Waals surface area contributed by atoms with Gasteiger partial charge in [0, 0.05) is 18.9 Å². The number of nitrogens with zero attached hydrogens (tertiary/aromatic N) is 2. The molecule has 1 atom stereocenters. The normalized spacial score (nSPS) is 18.1. The molecular weight excluding hydrogens is 234 g/mol. The third kappa shape index (κ3) is 2.10. The van der Waals surface area contributed by atoms with Gasteiger partial charge in [-0.15, -0.1) is 0 Å². The first-order chi connectivity index (χ1) is 8.49. The van der Waals surface area contributed by atoms with Crippen molar-refractivity contribution in [3.05, 3.63) is 22.7 Å². The molecule has 0 aliphatic heterocycles. The van der Waals surface area contributed by atoms with E-state index in [4.69, 9.17) is 0 Å². The molecule has 1 heterocycles. The SMILES string of the molecule is CCn1ccnc(NC(C)(C(=O)O)C2CC2)c1=O. The van der Waals surface area contributed by atoms with Gasteiger partial charge in [-0.2, -0.15) is 0 Å². The van der Waals surface area contributed by atoms with Gasteiger partial charge >= 0.3 is 5.97 Å². The van der Waals surface area contributed by atoms with Crippen molar-refractivity contribution >= 4 is 11.8 Å². The number of aliphatic carboxylic acids is 1. The molecule has 0 aromatic carbocycles. The maximum absolute atomic E-state index is 12.0. The first-order valence-electron chi connectivity index (χ1n) is 6.06. The summed E-state index contributed by atoms with van der Waals surface area (Å²) < 4.78 is 1.49. The molecule has 0 saturated heterocycles. The Hall–Kier alpha value is -1.85. The maximum atomic E-state index is 12.0. The number of anilines is 1. The highest BCUT2D eigenvalue weighted by Gasteiger charge is 2.48. The van der Waals surface area contributed by atoms with E-state index < -0.39 is 11.5 Å². The highest BCUT2D eigenvalue weighted by atomic mass is 16.4. The van der Waals surface area contributed by atoms with Gasteiger partial charge in [0.05, 0.1) is 0 Å². The number of hydrogen-bond donors (Lipinski definition) is 2. The van der Waals surface area contributed by atoms with Crippen molar-refractivity contribution in [1.82, 2.24) is 9.55 Å². The molecule has 6 nitrogen and oxygen atoms in total. The van der Waals surface area contributed by atoms with Gasteiger partial charge in [-0.1, -0.05) is 0 Å². The Morgan fingerprint density at radius 3 is 2.83 bits per heavy atom. The fourth-order valence-corrected chi connectivity index (χ4v) is 2.02. The van der Waals surface area contributed by atoms with Crippen molar-refractivity contribution in [2.75, 3.05) is 5.32 Å². The van der Waals surface area contributed by atoms with Gasteiger partial charge < -0.3 is 15.0 Å². The minimum Gasteiger partial charge on any atom is -0.480 e. The van der Waals surface area contributed by atoms with Crippen LogP contribution in [0.3, 0.4) is 0 Å². The summed E-state index contributed by atoms with van der Waals surface area (Å²) in [5.41, 5.74) is -1.40. The molecule has 1 aliphatic carbocycles. The van der Waals surface area contributed by atoms with E-state index in [0.717, 1.165) is 12.8 Å². The fourth-order valence-electron chi connectivity index (χ4n) is 2.02. The topological polar surface area (TPSA) is 84.2 Å². The Morgan fingerprint density at radius 1 is 1.67 bits per heavy atom. The Balaban J connectivity index is 2.33. The minimum atomic E-state index is -1.11. The average molecular weight is 251 g/mol. The van der Waals surface area contributed by atoms with E-state index in [2.05, 4.69) is 10.3 Å². The Bertz CT molecular complexity index is 522. The summed E-state index contributed by atoms with van der Waals surface area (Å²) in [5, 5.41) is 12.1. The summed E-state index contributed by atoms with van der Waals surface area (Å²) in [7, 11) is 0. The van der Waals surface area contributed by atoms with Gasteiger partial charge in [-0.25, -0.2) is 9.78 Å². The van der Waals surface area contributed by atoms with Gasteiger partial charge in [0.25, 0.3) is 5.56 Å². The lowest BCUT2D eigenvalue weighted by molar-refractivity contribution is -0.142. The molecule has 1 fully saturated rings. The molecule has 1 unspecified atom stereocenters. The average Bonchev–Trinajstić information content (AvgIpc) is 3.15. The van der Waals surface area contributed by atoms with E-state index in [1.807, 2.05) is 6.92 Å². The van der Waals surface area contributed by atoms with Crippen molar-refractivity contribution in [1.29, 1.82) is 0 Å². The molecule has 6 heteroatoms. The zero-order valence-corrected chi connectivity index (χ0v) is 10.5. The summed E-state index contributed by atoms with van der Waals surface area (Å²) in [4.78, 5) is 27.3. The number of aryl methyl sites for hydroxylation is 1. The molecule has 0 amide bonds. The second kappa shape index (κ2) is 4.44. The van der Waals surface area contributed by atoms with Gasteiger partial charge in [-0.05, 0) is 32.6 Å². The van der Waals surface area contributed by atoms with Crippen LogP contribution in [0.5, 0.6) is 0 Å². The summed E-state index contributed by atoms with van der Waals surface area (Å²) in [5.74, 6) is -0.777. The maximum Gasteiger partial charge on any atom is 0.329 e. The Kier molecular flexibility index (Phi) is 3.11. The smallest absolute Gasteiger partial charge is 0.329 e. The van der Waals surface area contributed by atoms with Gasteiger partial charge in [0.15, 0.2) is 5.82 Å². The van der Waals surface area contributed by atoms with Crippen LogP contribution >= 0.6 is 0 Å². The van der Waals surface area contributed by atoms with Crippen molar-refractivity contribution < 1.29 is 9.90 Å².